The van der Waals surface area contributed by atoms with Crippen molar-refractivity contribution in [2.45, 2.75) is 6.92 Å². The lowest BCUT2D eigenvalue weighted by molar-refractivity contribution is -0.383. The van der Waals surface area contributed by atoms with Gasteiger partial charge in [0.2, 0.25) is 0 Å². The molecule has 0 aromatic heterocycles. The summed E-state index contributed by atoms with van der Waals surface area (Å²) in [5.74, 6) is 0. The Morgan fingerprint density at radius 1 is 1.42 bits per heavy atom. The van der Waals surface area contributed by atoms with E-state index >= 15 is 0 Å². The van der Waals surface area contributed by atoms with Crippen molar-refractivity contribution in [2.75, 3.05) is 11.5 Å². The van der Waals surface area contributed by atoms with Crippen molar-refractivity contribution < 1.29 is 4.92 Å². The average Bonchev–Trinajstić information content (AvgIpc) is 1.96. The minimum Gasteiger partial charge on any atom is -0.399 e. The molecule has 4 N–H and O–H groups in total. The third-order valence-electron chi connectivity index (χ3n) is 1.58. The maximum atomic E-state index is 10.4. The van der Waals surface area contributed by atoms with E-state index in [9.17, 15) is 10.1 Å². The quantitative estimate of drug-likeness (QED) is 0.371. The fourth-order valence-corrected chi connectivity index (χ4v) is 0.958. The molecule has 0 heterocycles. The van der Waals surface area contributed by atoms with E-state index < -0.39 is 4.92 Å². The molecule has 0 aliphatic heterocycles. The van der Waals surface area contributed by atoms with Gasteiger partial charge in [0.05, 0.1) is 4.92 Å². The summed E-state index contributed by atoms with van der Waals surface area (Å²) < 4.78 is 0. The van der Waals surface area contributed by atoms with Gasteiger partial charge in [-0.2, -0.15) is 0 Å². The Kier molecular flexibility index (Phi) is 1.86. The highest BCUT2D eigenvalue weighted by molar-refractivity contribution is 5.68. The topological polar surface area (TPSA) is 95.2 Å². The van der Waals surface area contributed by atoms with Gasteiger partial charge >= 0.3 is 0 Å². The summed E-state index contributed by atoms with van der Waals surface area (Å²) in [7, 11) is 0. The van der Waals surface area contributed by atoms with Crippen LogP contribution in [-0.2, 0) is 0 Å². The van der Waals surface area contributed by atoms with E-state index in [2.05, 4.69) is 0 Å². The largest absolute Gasteiger partial charge is 0.399 e. The Hall–Kier alpha value is -1.78. The molecule has 1 aromatic carbocycles. The Morgan fingerprint density at radius 2 is 2.00 bits per heavy atom. The molecule has 0 unspecified atom stereocenters. The van der Waals surface area contributed by atoms with Crippen molar-refractivity contribution in [2.24, 2.45) is 0 Å². The molecule has 0 amide bonds. The standard InChI is InChI=1S/C7H9N3O2/c1-4-2-5(8)3-6(7(4)9)10(11)12/h2-3H,8-9H2,1H3. The number of hydrogen-bond acceptors (Lipinski definition) is 4. The van der Waals surface area contributed by atoms with Crippen LogP contribution >= 0.6 is 0 Å². The van der Waals surface area contributed by atoms with Crippen molar-refractivity contribution in [1.82, 2.24) is 0 Å². The second kappa shape index (κ2) is 2.69. The summed E-state index contributed by atoms with van der Waals surface area (Å²) in [5.41, 5.74) is 11.9. The summed E-state index contributed by atoms with van der Waals surface area (Å²) in [5, 5.41) is 10.4. The van der Waals surface area contributed by atoms with Crippen LogP contribution in [0.15, 0.2) is 12.1 Å². The van der Waals surface area contributed by atoms with Crippen LogP contribution in [0.3, 0.4) is 0 Å². The van der Waals surface area contributed by atoms with Crippen LogP contribution < -0.4 is 11.5 Å². The van der Waals surface area contributed by atoms with E-state index in [0.717, 1.165) is 0 Å². The molecule has 0 spiro atoms. The van der Waals surface area contributed by atoms with Crippen LogP contribution in [0.4, 0.5) is 17.1 Å². The molecule has 0 aliphatic carbocycles. The summed E-state index contributed by atoms with van der Waals surface area (Å²) in [6.45, 7) is 1.68. The van der Waals surface area contributed by atoms with Gasteiger partial charge in [-0.3, -0.25) is 10.1 Å². The first-order chi connectivity index (χ1) is 5.52. The molecule has 0 bridgehead atoms. The molecule has 1 aromatic rings. The number of nitro benzene ring substituents is 1. The lowest BCUT2D eigenvalue weighted by Crippen LogP contribution is -1.99. The Bertz CT molecular complexity index is 336. The molecule has 0 fully saturated rings. The van der Waals surface area contributed by atoms with Crippen LogP contribution in [0.1, 0.15) is 5.56 Å². The Balaban J connectivity index is 3.37. The third kappa shape index (κ3) is 1.29. The molecule has 12 heavy (non-hydrogen) atoms. The van der Waals surface area contributed by atoms with E-state index in [1.807, 2.05) is 0 Å². The number of aryl methyl sites for hydroxylation is 1. The van der Waals surface area contributed by atoms with Gasteiger partial charge in [0.15, 0.2) is 0 Å². The summed E-state index contributed by atoms with van der Waals surface area (Å²) in [6.07, 6.45) is 0. The van der Waals surface area contributed by atoms with Crippen LogP contribution in [0, 0.1) is 17.0 Å². The molecule has 0 aliphatic rings. The predicted molar refractivity (Wildman–Crippen MR) is 46.7 cm³/mol. The first kappa shape index (κ1) is 8.32. The zero-order chi connectivity index (χ0) is 9.30. The van der Waals surface area contributed by atoms with Gasteiger partial charge in [-0.1, -0.05) is 0 Å². The van der Waals surface area contributed by atoms with Gasteiger partial charge in [-0.05, 0) is 18.6 Å². The van der Waals surface area contributed by atoms with Gasteiger partial charge in [0, 0.05) is 11.8 Å². The highest BCUT2D eigenvalue weighted by atomic mass is 16.6. The number of hydrogen-bond donors (Lipinski definition) is 2. The van der Waals surface area contributed by atoms with Crippen molar-refractivity contribution in [3.8, 4) is 0 Å². The first-order valence-electron chi connectivity index (χ1n) is 3.32. The number of nitro groups is 1. The zero-order valence-electron chi connectivity index (χ0n) is 6.57. The van der Waals surface area contributed by atoms with Crippen LogP contribution in [0.25, 0.3) is 0 Å². The molecule has 1 rings (SSSR count). The van der Waals surface area contributed by atoms with E-state index in [0.29, 0.717) is 11.3 Å². The number of nitrogens with two attached hydrogens (primary N) is 2. The number of nitrogen functional groups attached to an aromatic ring is 2. The minimum absolute atomic E-state index is 0.132. The molecule has 0 saturated carbocycles. The average molecular weight is 167 g/mol. The zero-order valence-corrected chi connectivity index (χ0v) is 6.57. The monoisotopic (exact) mass is 167 g/mol. The second-order valence-corrected chi connectivity index (χ2v) is 2.53. The van der Waals surface area contributed by atoms with E-state index in [-0.39, 0.29) is 11.4 Å². The smallest absolute Gasteiger partial charge is 0.294 e. The summed E-state index contributed by atoms with van der Waals surface area (Å²) in [6, 6.07) is 2.85. The van der Waals surface area contributed by atoms with Crippen molar-refractivity contribution in [3.05, 3.63) is 27.8 Å². The maximum Gasteiger partial charge on any atom is 0.294 e. The molecule has 0 saturated heterocycles. The molecular formula is C7H9N3O2. The molecular weight excluding hydrogens is 158 g/mol. The second-order valence-electron chi connectivity index (χ2n) is 2.53. The molecule has 5 heteroatoms. The van der Waals surface area contributed by atoms with Gasteiger partial charge in [-0.25, -0.2) is 0 Å². The molecule has 0 radical (unpaired) electrons. The van der Waals surface area contributed by atoms with Crippen molar-refractivity contribution in [1.29, 1.82) is 0 Å². The Morgan fingerprint density at radius 3 is 2.50 bits per heavy atom. The number of rotatable bonds is 1. The van der Waals surface area contributed by atoms with Gasteiger partial charge < -0.3 is 11.5 Å². The van der Waals surface area contributed by atoms with Crippen LogP contribution in [0.5, 0.6) is 0 Å². The normalized spacial score (nSPS) is 9.75. The highest BCUT2D eigenvalue weighted by Crippen LogP contribution is 2.27. The van der Waals surface area contributed by atoms with Crippen LogP contribution in [0.2, 0.25) is 0 Å². The molecule has 5 nitrogen and oxygen atoms in total. The fraction of sp³-hybridized carbons (Fsp3) is 0.143. The lowest BCUT2D eigenvalue weighted by Gasteiger charge is -2.01. The third-order valence-corrected chi connectivity index (χ3v) is 1.58. The minimum atomic E-state index is -0.543. The first-order valence-corrected chi connectivity index (χ1v) is 3.32. The number of anilines is 2. The predicted octanol–water partition coefficient (Wildman–Crippen LogP) is 1.07. The highest BCUT2D eigenvalue weighted by Gasteiger charge is 2.13. The van der Waals surface area contributed by atoms with E-state index in [4.69, 9.17) is 11.5 Å². The maximum absolute atomic E-state index is 10.4. The number of benzene rings is 1. The van der Waals surface area contributed by atoms with Crippen molar-refractivity contribution >= 4 is 17.1 Å². The van der Waals surface area contributed by atoms with Gasteiger partial charge in [-0.15, -0.1) is 0 Å². The SMILES string of the molecule is Cc1cc(N)cc([N+](=O)[O-])c1N. The van der Waals surface area contributed by atoms with Crippen LogP contribution in [-0.4, -0.2) is 4.92 Å². The summed E-state index contributed by atoms with van der Waals surface area (Å²) >= 11 is 0. The lowest BCUT2D eigenvalue weighted by atomic mass is 10.1. The van der Waals surface area contributed by atoms with Gasteiger partial charge in [0.1, 0.15) is 5.69 Å². The molecule has 0 atom stereocenters. The number of nitrogens with zero attached hydrogens (tertiary/aromatic N) is 1. The van der Waals surface area contributed by atoms with Gasteiger partial charge in [0.25, 0.3) is 5.69 Å². The van der Waals surface area contributed by atoms with Crippen molar-refractivity contribution in [3.63, 3.8) is 0 Å². The summed E-state index contributed by atoms with van der Waals surface area (Å²) in [4.78, 5) is 9.85. The fourth-order valence-electron chi connectivity index (χ4n) is 0.958. The van der Waals surface area contributed by atoms with E-state index in [1.54, 1.807) is 13.0 Å². The Labute approximate surface area is 69.1 Å². The molecule has 64 valence electrons. The van der Waals surface area contributed by atoms with E-state index in [1.165, 1.54) is 6.07 Å².